The monoisotopic (exact) mass is 336 g/mol. The van der Waals surface area contributed by atoms with Crippen molar-refractivity contribution in [2.75, 3.05) is 19.3 Å². The van der Waals surface area contributed by atoms with E-state index in [1.807, 2.05) is 19.1 Å². The van der Waals surface area contributed by atoms with Gasteiger partial charge in [-0.15, -0.1) is 10.2 Å². The first-order valence-corrected chi connectivity index (χ1v) is 9.42. The molecule has 2 aromatic heterocycles. The van der Waals surface area contributed by atoms with Gasteiger partial charge in [0, 0.05) is 30.5 Å². The molecule has 1 aliphatic heterocycles. The summed E-state index contributed by atoms with van der Waals surface area (Å²) >= 11 is 0. The van der Waals surface area contributed by atoms with Crippen LogP contribution in [0.15, 0.2) is 18.3 Å². The van der Waals surface area contributed by atoms with Crippen LogP contribution < -0.4 is 0 Å². The van der Waals surface area contributed by atoms with Gasteiger partial charge in [-0.1, -0.05) is 0 Å². The minimum atomic E-state index is -3.08. The highest BCUT2D eigenvalue weighted by atomic mass is 32.2. The molecule has 1 fully saturated rings. The summed E-state index contributed by atoms with van der Waals surface area (Å²) in [5.41, 5.74) is 1.81. The molecule has 0 N–H and O–H groups in total. The average molecular weight is 336 g/mol. The maximum Gasteiger partial charge on any atom is 0.211 e. The molecule has 0 aromatic carbocycles. The van der Waals surface area contributed by atoms with Gasteiger partial charge in [-0.05, 0) is 43.0 Å². The van der Waals surface area contributed by atoms with E-state index in [-0.39, 0.29) is 0 Å². The molecule has 0 spiro atoms. The van der Waals surface area contributed by atoms with Gasteiger partial charge in [-0.2, -0.15) is 4.80 Å². The number of aryl methyl sites for hydroxylation is 1. The van der Waals surface area contributed by atoms with Crippen LogP contribution in [0.1, 0.15) is 18.5 Å². The Labute approximate surface area is 135 Å². The largest absolute Gasteiger partial charge is 0.262 e. The summed E-state index contributed by atoms with van der Waals surface area (Å²) in [6, 6.07) is 3.78. The van der Waals surface area contributed by atoms with E-state index in [0.29, 0.717) is 31.4 Å². The topological polar surface area (TPSA) is 93.9 Å². The van der Waals surface area contributed by atoms with Crippen molar-refractivity contribution in [3.63, 3.8) is 0 Å². The van der Waals surface area contributed by atoms with Crippen LogP contribution in [0, 0.1) is 12.8 Å². The molecule has 0 radical (unpaired) electrons. The fourth-order valence-electron chi connectivity index (χ4n) is 2.78. The zero-order valence-electron chi connectivity index (χ0n) is 13.3. The first-order valence-electron chi connectivity index (χ1n) is 7.58. The van der Waals surface area contributed by atoms with E-state index in [0.717, 1.165) is 24.1 Å². The van der Waals surface area contributed by atoms with Gasteiger partial charge < -0.3 is 0 Å². The highest BCUT2D eigenvalue weighted by Gasteiger charge is 2.25. The zero-order valence-corrected chi connectivity index (χ0v) is 14.1. The van der Waals surface area contributed by atoms with Crippen molar-refractivity contribution in [1.82, 2.24) is 29.5 Å². The third-order valence-corrected chi connectivity index (χ3v) is 5.37. The molecule has 1 aliphatic rings. The quantitative estimate of drug-likeness (QED) is 0.816. The predicted octanol–water partition coefficient (Wildman–Crippen LogP) is 0.715. The van der Waals surface area contributed by atoms with E-state index < -0.39 is 10.0 Å². The number of nitrogens with zero attached hydrogens (tertiary/aromatic N) is 6. The molecule has 0 aliphatic carbocycles. The Kier molecular flexibility index (Phi) is 4.40. The van der Waals surface area contributed by atoms with E-state index in [9.17, 15) is 8.42 Å². The molecule has 0 amide bonds. The summed E-state index contributed by atoms with van der Waals surface area (Å²) in [6.45, 7) is 3.71. The van der Waals surface area contributed by atoms with Gasteiger partial charge in [0.15, 0.2) is 0 Å². The number of rotatable bonds is 4. The van der Waals surface area contributed by atoms with Crippen LogP contribution in [0.3, 0.4) is 0 Å². The number of sulfonamides is 1. The Bertz CT molecular complexity index is 780. The summed E-state index contributed by atoms with van der Waals surface area (Å²) < 4.78 is 24.6. The minimum absolute atomic E-state index is 0.370. The van der Waals surface area contributed by atoms with Gasteiger partial charge in [0.1, 0.15) is 0 Å². The second-order valence-corrected chi connectivity index (χ2v) is 7.94. The number of tetrazole rings is 1. The fraction of sp³-hybridized carbons (Fsp3) is 0.571. The van der Waals surface area contributed by atoms with Crippen molar-refractivity contribution in [3.05, 3.63) is 24.0 Å². The van der Waals surface area contributed by atoms with Crippen molar-refractivity contribution in [2.24, 2.45) is 5.92 Å². The number of piperidine rings is 1. The van der Waals surface area contributed by atoms with E-state index in [2.05, 4.69) is 20.4 Å². The lowest BCUT2D eigenvalue weighted by Gasteiger charge is -2.29. The van der Waals surface area contributed by atoms with E-state index >= 15 is 0 Å². The smallest absolute Gasteiger partial charge is 0.211 e. The maximum absolute atomic E-state index is 11.5. The minimum Gasteiger partial charge on any atom is -0.262 e. The highest BCUT2D eigenvalue weighted by Crippen LogP contribution is 2.21. The van der Waals surface area contributed by atoms with Gasteiger partial charge >= 0.3 is 0 Å². The first-order chi connectivity index (χ1) is 10.9. The molecular weight excluding hydrogens is 316 g/mol. The van der Waals surface area contributed by atoms with Crippen LogP contribution in [-0.4, -0.2) is 57.3 Å². The Morgan fingerprint density at radius 1 is 1.30 bits per heavy atom. The standard InChI is InChI=1S/C14H20N6O2S/c1-11-9-13(3-6-15-11)14-16-18-20(17-14)10-12-4-7-19(8-5-12)23(2,21)22/h3,6,9,12H,4-5,7-8,10H2,1-2H3. The molecular formula is C14H20N6O2S. The molecule has 124 valence electrons. The summed E-state index contributed by atoms with van der Waals surface area (Å²) in [5, 5.41) is 12.6. The zero-order chi connectivity index (χ0) is 16.4. The molecule has 9 heteroatoms. The van der Waals surface area contributed by atoms with Crippen LogP contribution in [0.4, 0.5) is 0 Å². The molecule has 0 bridgehead atoms. The number of aromatic nitrogens is 5. The van der Waals surface area contributed by atoms with Crippen molar-refractivity contribution >= 4 is 10.0 Å². The van der Waals surface area contributed by atoms with Crippen molar-refractivity contribution < 1.29 is 8.42 Å². The van der Waals surface area contributed by atoms with Crippen LogP contribution in [0.2, 0.25) is 0 Å². The van der Waals surface area contributed by atoms with Gasteiger partial charge in [0.2, 0.25) is 15.8 Å². The SMILES string of the molecule is Cc1cc(-c2nnn(CC3CCN(S(C)(=O)=O)CC3)n2)ccn1. The molecule has 2 aromatic rings. The molecule has 0 unspecified atom stereocenters. The van der Waals surface area contributed by atoms with Crippen LogP contribution >= 0.6 is 0 Å². The molecule has 0 atom stereocenters. The Balaban J connectivity index is 1.62. The Morgan fingerprint density at radius 3 is 2.70 bits per heavy atom. The summed E-state index contributed by atoms with van der Waals surface area (Å²) in [5.74, 6) is 0.957. The summed E-state index contributed by atoms with van der Waals surface area (Å²) in [4.78, 5) is 5.76. The molecule has 1 saturated heterocycles. The van der Waals surface area contributed by atoms with Gasteiger partial charge in [-0.25, -0.2) is 12.7 Å². The molecule has 3 heterocycles. The molecule has 23 heavy (non-hydrogen) atoms. The third-order valence-electron chi connectivity index (χ3n) is 4.07. The van der Waals surface area contributed by atoms with E-state index in [1.54, 1.807) is 11.0 Å². The molecule has 8 nitrogen and oxygen atoms in total. The van der Waals surface area contributed by atoms with Crippen molar-refractivity contribution in [1.29, 1.82) is 0 Å². The van der Waals surface area contributed by atoms with Crippen LogP contribution in [0.5, 0.6) is 0 Å². The maximum atomic E-state index is 11.5. The third kappa shape index (κ3) is 3.91. The lowest BCUT2D eigenvalue weighted by Crippen LogP contribution is -2.38. The highest BCUT2D eigenvalue weighted by molar-refractivity contribution is 7.88. The number of pyridine rings is 1. The number of hydrogen-bond acceptors (Lipinski definition) is 6. The lowest BCUT2D eigenvalue weighted by molar-refractivity contribution is 0.239. The predicted molar refractivity (Wildman–Crippen MR) is 84.9 cm³/mol. The Hall–Kier alpha value is -1.87. The molecule has 3 rings (SSSR count). The second-order valence-electron chi connectivity index (χ2n) is 5.96. The molecule has 0 saturated carbocycles. The fourth-order valence-corrected chi connectivity index (χ4v) is 3.65. The average Bonchev–Trinajstić information content (AvgIpc) is 2.95. The summed E-state index contributed by atoms with van der Waals surface area (Å²) in [6.07, 6.45) is 4.62. The van der Waals surface area contributed by atoms with Gasteiger partial charge in [-0.3, -0.25) is 4.98 Å². The van der Waals surface area contributed by atoms with E-state index in [4.69, 9.17) is 0 Å². The van der Waals surface area contributed by atoms with E-state index in [1.165, 1.54) is 10.6 Å². The second kappa shape index (κ2) is 6.32. The van der Waals surface area contributed by atoms with Gasteiger partial charge in [0.25, 0.3) is 0 Å². The van der Waals surface area contributed by atoms with Crippen molar-refractivity contribution in [3.8, 4) is 11.4 Å². The lowest BCUT2D eigenvalue weighted by atomic mass is 9.98. The van der Waals surface area contributed by atoms with Crippen LogP contribution in [-0.2, 0) is 16.6 Å². The first kappa shape index (κ1) is 16.0. The Morgan fingerprint density at radius 2 is 2.04 bits per heavy atom. The summed E-state index contributed by atoms with van der Waals surface area (Å²) in [7, 11) is -3.08. The van der Waals surface area contributed by atoms with Crippen LogP contribution in [0.25, 0.3) is 11.4 Å². The number of hydrogen-bond donors (Lipinski definition) is 0. The van der Waals surface area contributed by atoms with Gasteiger partial charge in [0.05, 0.1) is 12.8 Å². The van der Waals surface area contributed by atoms with Crippen molar-refractivity contribution in [2.45, 2.75) is 26.3 Å². The normalized spacial score (nSPS) is 17.5.